The van der Waals surface area contributed by atoms with E-state index in [1.54, 1.807) is 24.5 Å². The van der Waals surface area contributed by atoms with Gasteiger partial charge in [-0.3, -0.25) is 19.5 Å². The highest BCUT2D eigenvalue weighted by molar-refractivity contribution is 5.94. The van der Waals surface area contributed by atoms with Crippen LogP contribution in [0.3, 0.4) is 0 Å². The topological polar surface area (TPSA) is 66.0 Å². The largest absolute Gasteiger partial charge is 0.373 e. The first-order valence-corrected chi connectivity index (χ1v) is 10.2. The lowest BCUT2D eigenvalue weighted by molar-refractivity contribution is -0.146. The number of carbonyl (C=O) groups is 2. The Morgan fingerprint density at radius 3 is 2.21 bits per heavy atom. The molecule has 2 saturated heterocycles. The van der Waals surface area contributed by atoms with Gasteiger partial charge in [-0.2, -0.15) is 0 Å². The molecule has 1 aromatic rings. The highest BCUT2D eigenvalue weighted by atomic mass is 16.5. The Morgan fingerprint density at radius 2 is 1.68 bits per heavy atom. The lowest BCUT2D eigenvalue weighted by atomic mass is 9.98. The van der Waals surface area contributed by atoms with E-state index < -0.39 is 0 Å². The first kappa shape index (κ1) is 20.7. The lowest BCUT2D eigenvalue weighted by Crippen LogP contribution is -2.60. The maximum absolute atomic E-state index is 13.3. The first-order chi connectivity index (χ1) is 13.4. The van der Waals surface area contributed by atoms with Gasteiger partial charge in [0, 0.05) is 51.7 Å². The molecule has 2 aliphatic heterocycles. The van der Waals surface area contributed by atoms with E-state index >= 15 is 0 Å². The van der Waals surface area contributed by atoms with E-state index in [1.165, 1.54) is 0 Å². The van der Waals surface area contributed by atoms with Crippen molar-refractivity contribution in [1.29, 1.82) is 0 Å². The van der Waals surface area contributed by atoms with Gasteiger partial charge in [0.1, 0.15) is 0 Å². The Bertz CT molecular complexity index is 663. The van der Waals surface area contributed by atoms with Gasteiger partial charge in [-0.25, -0.2) is 0 Å². The summed E-state index contributed by atoms with van der Waals surface area (Å²) in [5.41, 5.74) is 0.596. The maximum atomic E-state index is 13.3. The van der Waals surface area contributed by atoms with E-state index in [0.29, 0.717) is 31.7 Å². The van der Waals surface area contributed by atoms with Crippen LogP contribution in [-0.2, 0) is 9.53 Å². The second-order valence-corrected chi connectivity index (χ2v) is 8.26. The number of hydrogen-bond donors (Lipinski definition) is 0. The van der Waals surface area contributed by atoms with Gasteiger partial charge in [-0.15, -0.1) is 0 Å². The SMILES string of the molecule is CC1CN(C(C(=O)N2CCN(C(=O)c3cccnc3)CC2)C(C)C)CC(C)O1. The predicted octanol–water partition coefficient (Wildman–Crippen LogP) is 1.50. The van der Waals surface area contributed by atoms with Crippen molar-refractivity contribution in [2.45, 2.75) is 45.9 Å². The molecule has 0 bridgehead atoms. The molecule has 3 unspecified atom stereocenters. The molecule has 3 rings (SSSR count). The minimum atomic E-state index is -0.144. The van der Waals surface area contributed by atoms with Gasteiger partial charge in [-0.1, -0.05) is 13.8 Å². The van der Waals surface area contributed by atoms with Crippen molar-refractivity contribution in [1.82, 2.24) is 19.7 Å². The van der Waals surface area contributed by atoms with Gasteiger partial charge in [0.25, 0.3) is 5.91 Å². The van der Waals surface area contributed by atoms with Gasteiger partial charge in [0.15, 0.2) is 0 Å². The molecular weight excluding hydrogens is 356 g/mol. The van der Waals surface area contributed by atoms with Gasteiger partial charge in [0.2, 0.25) is 5.91 Å². The van der Waals surface area contributed by atoms with E-state index in [-0.39, 0.29) is 36.0 Å². The zero-order valence-corrected chi connectivity index (χ0v) is 17.4. The summed E-state index contributed by atoms with van der Waals surface area (Å²) < 4.78 is 5.84. The highest BCUT2D eigenvalue weighted by Gasteiger charge is 2.37. The van der Waals surface area contributed by atoms with Gasteiger partial charge >= 0.3 is 0 Å². The smallest absolute Gasteiger partial charge is 0.255 e. The molecule has 154 valence electrons. The standard InChI is InChI=1S/C21H32N4O3/c1-15(2)19(25-13-16(3)28-17(4)14-25)21(27)24-10-8-23(9-11-24)20(26)18-6-5-7-22-12-18/h5-7,12,15-17,19H,8-11,13-14H2,1-4H3. The van der Waals surface area contributed by atoms with Crippen molar-refractivity contribution in [3.8, 4) is 0 Å². The molecule has 0 radical (unpaired) electrons. The maximum Gasteiger partial charge on any atom is 0.255 e. The molecule has 0 aliphatic carbocycles. The van der Waals surface area contributed by atoms with Crippen LogP contribution < -0.4 is 0 Å². The number of aromatic nitrogens is 1. The molecule has 2 amide bonds. The molecule has 2 fully saturated rings. The Morgan fingerprint density at radius 1 is 1.07 bits per heavy atom. The quantitative estimate of drug-likeness (QED) is 0.782. The minimum Gasteiger partial charge on any atom is -0.373 e. The zero-order valence-electron chi connectivity index (χ0n) is 17.4. The normalized spacial score (nSPS) is 25.0. The summed E-state index contributed by atoms with van der Waals surface area (Å²) in [6.07, 6.45) is 3.51. The average Bonchev–Trinajstić information content (AvgIpc) is 2.67. The number of nitrogens with zero attached hydrogens (tertiary/aromatic N) is 4. The molecular formula is C21H32N4O3. The van der Waals surface area contributed by atoms with Crippen LogP contribution in [0.15, 0.2) is 24.5 Å². The van der Waals surface area contributed by atoms with Crippen LogP contribution in [0.5, 0.6) is 0 Å². The van der Waals surface area contributed by atoms with E-state index in [2.05, 4.69) is 37.6 Å². The van der Waals surface area contributed by atoms with Crippen LogP contribution in [0, 0.1) is 5.92 Å². The number of amides is 2. The molecule has 3 heterocycles. The Kier molecular flexibility index (Phi) is 6.67. The molecule has 2 aliphatic rings. The van der Waals surface area contributed by atoms with Crippen molar-refractivity contribution in [3.63, 3.8) is 0 Å². The van der Waals surface area contributed by atoms with Crippen molar-refractivity contribution in [2.75, 3.05) is 39.3 Å². The van der Waals surface area contributed by atoms with Crippen LogP contribution in [0.1, 0.15) is 38.1 Å². The van der Waals surface area contributed by atoms with Gasteiger partial charge < -0.3 is 14.5 Å². The third kappa shape index (κ3) is 4.70. The van der Waals surface area contributed by atoms with Crippen molar-refractivity contribution < 1.29 is 14.3 Å². The highest BCUT2D eigenvalue weighted by Crippen LogP contribution is 2.21. The predicted molar refractivity (Wildman–Crippen MR) is 107 cm³/mol. The summed E-state index contributed by atoms with van der Waals surface area (Å²) >= 11 is 0. The fourth-order valence-corrected chi connectivity index (χ4v) is 4.30. The summed E-state index contributed by atoms with van der Waals surface area (Å²) in [7, 11) is 0. The fourth-order valence-electron chi connectivity index (χ4n) is 4.30. The zero-order chi connectivity index (χ0) is 20.3. The number of pyridine rings is 1. The van der Waals surface area contributed by atoms with Crippen LogP contribution >= 0.6 is 0 Å². The fraction of sp³-hybridized carbons (Fsp3) is 0.667. The Balaban J connectivity index is 1.62. The number of rotatable bonds is 4. The summed E-state index contributed by atoms with van der Waals surface area (Å²) in [6.45, 7) is 12.1. The van der Waals surface area contributed by atoms with Crippen LogP contribution in [0.2, 0.25) is 0 Å². The summed E-state index contributed by atoms with van der Waals surface area (Å²) in [5, 5.41) is 0. The second kappa shape index (κ2) is 9.01. The minimum absolute atomic E-state index is 0.0172. The van der Waals surface area contributed by atoms with Crippen molar-refractivity contribution >= 4 is 11.8 Å². The molecule has 7 heteroatoms. The third-order valence-electron chi connectivity index (χ3n) is 5.51. The lowest BCUT2D eigenvalue weighted by Gasteiger charge is -2.44. The second-order valence-electron chi connectivity index (χ2n) is 8.26. The monoisotopic (exact) mass is 388 g/mol. The Labute approximate surface area is 167 Å². The van der Waals surface area contributed by atoms with Crippen molar-refractivity contribution in [3.05, 3.63) is 30.1 Å². The van der Waals surface area contributed by atoms with Gasteiger partial charge in [-0.05, 0) is 31.9 Å². The molecule has 0 spiro atoms. The molecule has 1 aromatic heterocycles. The molecule has 0 aromatic carbocycles. The van der Waals surface area contributed by atoms with Crippen LogP contribution in [0.25, 0.3) is 0 Å². The number of morpholine rings is 1. The van der Waals surface area contributed by atoms with E-state index in [0.717, 1.165) is 13.1 Å². The van der Waals surface area contributed by atoms with Gasteiger partial charge in [0.05, 0.1) is 23.8 Å². The van der Waals surface area contributed by atoms with Crippen LogP contribution in [-0.4, -0.2) is 89.0 Å². The van der Waals surface area contributed by atoms with E-state index in [4.69, 9.17) is 4.74 Å². The molecule has 7 nitrogen and oxygen atoms in total. The van der Waals surface area contributed by atoms with E-state index in [9.17, 15) is 9.59 Å². The van der Waals surface area contributed by atoms with Crippen LogP contribution in [0.4, 0.5) is 0 Å². The first-order valence-electron chi connectivity index (χ1n) is 10.2. The van der Waals surface area contributed by atoms with E-state index in [1.807, 2.05) is 9.80 Å². The number of carbonyl (C=O) groups excluding carboxylic acids is 2. The molecule has 0 saturated carbocycles. The summed E-state index contributed by atoms with van der Waals surface area (Å²) in [5.74, 6) is 0.376. The summed E-state index contributed by atoms with van der Waals surface area (Å²) in [4.78, 5) is 36.0. The number of piperazine rings is 1. The third-order valence-corrected chi connectivity index (χ3v) is 5.51. The molecule has 3 atom stereocenters. The molecule has 28 heavy (non-hydrogen) atoms. The summed E-state index contributed by atoms with van der Waals surface area (Å²) in [6, 6.07) is 3.40. The number of hydrogen-bond acceptors (Lipinski definition) is 5. The average molecular weight is 389 g/mol. The molecule has 0 N–H and O–H groups in total. The van der Waals surface area contributed by atoms with Crippen molar-refractivity contribution in [2.24, 2.45) is 5.92 Å². The number of ether oxygens (including phenoxy) is 1. The Hall–Kier alpha value is -1.99.